The summed E-state index contributed by atoms with van der Waals surface area (Å²) in [5, 5.41) is 0. The minimum Gasteiger partial charge on any atom is -0.298 e. The first-order valence-corrected chi connectivity index (χ1v) is 7.91. The summed E-state index contributed by atoms with van der Waals surface area (Å²) in [5.41, 5.74) is 2.94. The first-order valence-electron chi connectivity index (χ1n) is 7.91. The second-order valence-electron chi connectivity index (χ2n) is 5.64. The fourth-order valence-electron chi connectivity index (χ4n) is 3.08. The second kappa shape index (κ2) is 7.49. The molecule has 0 aliphatic rings. The second-order valence-corrected chi connectivity index (χ2v) is 5.64. The molecule has 0 saturated heterocycles. The van der Waals surface area contributed by atoms with Crippen LogP contribution in [0.5, 0.6) is 0 Å². The Labute approximate surface area is 150 Å². The third-order valence-corrected chi connectivity index (χ3v) is 4.24. The average Bonchev–Trinajstić information content (AvgIpc) is 2.72. The number of rotatable bonds is 6. The highest BCUT2D eigenvalue weighted by Gasteiger charge is 2.20. The Hall–Kier alpha value is -3.66. The molecular weight excluding hydrogens is 328 g/mol. The van der Waals surface area contributed by atoms with Crippen molar-refractivity contribution >= 4 is 25.1 Å². The minimum absolute atomic E-state index is 0.0153. The van der Waals surface area contributed by atoms with Gasteiger partial charge in [-0.2, -0.15) is 0 Å². The Kier molecular flexibility index (Phi) is 4.94. The summed E-state index contributed by atoms with van der Waals surface area (Å²) in [6.45, 7) is 0. The van der Waals surface area contributed by atoms with Gasteiger partial charge in [-0.25, -0.2) is 0 Å². The van der Waals surface area contributed by atoms with E-state index >= 15 is 0 Å². The smallest absolute Gasteiger partial charge is 0.151 e. The van der Waals surface area contributed by atoms with E-state index in [0.717, 1.165) is 11.1 Å². The van der Waals surface area contributed by atoms with E-state index in [1.54, 1.807) is 12.1 Å². The summed E-state index contributed by atoms with van der Waals surface area (Å²) in [5.74, 6) is 0. The van der Waals surface area contributed by atoms with E-state index in [9.17, 15) is 19.2 Å². The highest BCUT2D eigenvalue weighted by atomic mass is 16.1. The quantitative estimate of drug-likeness (QED) is 0.627. The van der Waals surface area contributed by atoms with E-state index in [-0.39, 0.29) is 22.3 Å². The number of carbonyl (C=O) groups is 4. The van der Waals surface area contributed by atoms with Crippen molar-refractivity contribution in [2.45, 2.75) is 0 Å². The van der Waals surface area contributed by atoms with Crippen molar-refractivity contribution < 1.29 is 19.2 Å². The lowest BCUT2D eigenvalue weighted by atomic mass is 9.86. The first-order chi connectivity index (χ1) is 12.7. The molecule has 0 aliphatic heterocycles. The first kappa shape index (κ1) is 17.2. The van der Waals surface area contributed by atoms with Gasteiger partial charge in [0.2, 0.25) is 0 Å². The topological polar surface area (TPSA) is 68.3 Å². The maximum Gasteiger partial charge on any atom is 0.151 e. The van der Waals surface area contributed by atoms with Crippen molar-refractivity contribution in [2.75, 3.05) is 0 Å². The lowest BCUT2D eigenvalue weighted by Crippen LogP contribution is -2.05. The molecule has 0 radical (unpaired) electrons. The highest BCUT2D eigenvalue weighted by Crippen LogP contribution is 2.37. The molecule has 0 aliphatic carbocycles. The minimum atomic E-state index is -0.0153. The van der Waals surface area contributed by atoms with Gasteiger partial charge in [-0.15, -0.1) is 0 Å². The van der Waals surface area contributed by atoms with Crippen LogP contribution in [0.25, 0.3) is 22.3 Å². The molecule has 26 heavy (non-hydrogen) atoms. The summed E-state index contributed by atoms with van der Waals surface area (Å²) < 4.78 is 0. The molecule has 3 rings (SSSR count). The number of hydrogen-bond donors (Lipinski definition) is 0. The van der Waals surface area contributed by atoms with E-state index in [1.807, 2.05) is 42.5 Å². The summed E-state index contributed by atoms with van der Waals surface area (Å²) >= 11 is 0. The molecule has 0 bridgehead atoms. The summed E-state index contributed by atoms with van der Waals surface area (Å²) in [7, 11) is 0. The molecule has 3 aromatic rings. The van der Waals surface area contributed by atoms with Crippen LogP contribution in [0.3, 0.4) is 0 Å². The maximum atomic E-state index is 11.8. The molecule has 0 N–H and O–H groups in total. The average molecular weight is 342 g/mol. The molecule has 3 aromatic carbocycles. The van der Waals surface area contributed by atoms with Gasteiger partial charge in [0, 0.05) is 27.8 Å². The normalized spacial score (nSPS) is 10.2. The van der Waals surface area contributed by atoms with E-state index in [2.05, 4.69) is 0 Å². The zero-order valence-corrected chi connectivity index (χ0v) is 13.7. The van der Waals surface area contributed by atoms with Gasteiger partial charge in [-0.1, -0.05) is 54.6 Å². The third-order valence-electron chi connectivity index (χ3n) is 4.24. The van der Waals surface area contributed by atoms with Gasteiger partial charge in [0.1, 0.15) is 0 Å². The number of hydrogen-bond acceptors (Lipinski definition) is 4. The summed E-state index contributed by atoms with van der Waals surface area (Å²) in [4.78, 5) is 46.2. The van der Waals surface area contributed by atoms with Crippen LogP contribution in [-0.4, -0.2) is 25.1 Å². The van der Waals surface area contributed by atoms with Crippen molar-refractivity contribution in [2.24, 2.45) is 0 Å². The van der Waals surface area contributed by atoms with Crippen molar-refractivity contribution in [3.8, 4) is 22.3 Å². The Morgan fingerprint density at radius 2 is 1.12 bits per heavy atom. The molecule has 4 heteroatoms. The third kappa shape index (κ3) is 2.89. The van der Waals surface area contributed by atoms with Crippen molar-refractivity contribution in [1.29, 1.82) is 0 Å². The van der Waals surface area contributed by atoms with Crippen LogP contribution in [0, 0.1) is 0 Å². The Morgan fingerprint density at radius 1 is 0.538 bits per heavy atom. The van der Waals surface area contributed by atoms with Crippen molar-refractivity contribution in [3.63, 3.8) is 0 Å². The fraction of sp³-hybridized carbons (Fsp3) is 0. The molecule has 0 saturated carbocycles. The predicted octanol–water partition coefficient (Wildman–Crippen LogP) is 4.27. The zero-order valence-electron chi connectivity index (χ0n) is 13.7. The van der Waals surface area contributed by atoms with E-state index in [1.165, 1.54) is 6.07 Å². The molecular formula is C22H14O4. The van der Waals surface area contributed by atoms with E-state index < -0.39 is 0 Å². The van der Waals surface area contributed by atoms with Gasteiger partial charge in [0.15, 0.2) is 25.1 Å². The number of carbonyl (C=O) groups excluding carboxylic acids is 4. The number of aldehydes is 4. The predicted molar refractivity (Wildman–Crippen MR) is 98.9 cm³/mol. The van der Waals surface area contributed by atoms with Gasteiger partial charge in [0.25, 0.3) is 0 Å². The largest absolute Gasteiger partial charge is 0.298 e. The monoisotopic (exact) mass is 342 g/mol. The van der Waals surface area contributed by atoms with E-state index in [4.69, 9.17) is 0 Å². The fourth-order valence-corrected chi connectivity index (χ4v) is 3.08. The number of benzene rings is 3. The van der Waals surface area contributed by atoms with E-state index in [0.29, 0.717) is 36.3 Å². The summed E-state index contributed by atoms with van der Waals surface area (Å²) in [6.07, 6.45) is 2.04. The van der Waals surface area contributed by atoms with Crippen LogP contribution < -0.4 is 0 Å². The molecule has 0 fully saturated rings. The lowest BCUT2D eigenvalue weighted by molar-refractivity contribution is 0.108. The highest BCUT2D eigenvalue weighted by molar-refractivity contribution is 6.09. The van der Waals surface area contributed by atoms with Crippen LogP contribution in [0.1, 0.15) is 41.4 Å². The molecule has 0 heterocycles. The Balaban J connectivity index is 2.42. The van der Waals surface area contributed by atoms with Crippen molar-refractivity contribution in [3.05, 3.63) is 82.9 Å². The van der Waals surface area contributed by atoms with Crippen LogP contribution in [0.4, 0.5) is 0 Å². The molecule has 0 amide bonds. The molecule has 0 unspecified atom stereocenters. The molecule has 0 aromatic heterocycles. The van der Waals surface area contributed by atoms with Crippen LogP contribution >= 0.6 is 0 Å². The summed E-state index contributed by atoms with van der Waals surface area (Å²) in [6, 6.07) is 18.2. The molecule has 4 nitrogen and oxygen atoms in total. The van der Waals surface area contributed by atoms with Gasteiger partial charge >= 0.3 is 0 Å². The Bertz CT molecular complexity index is 1000. The Morgan fingerprint density at radius 3 is 1.69 bits per heavy atom. The SMILES string of the molecule is O=Cc1cc(C=O)c(-c2ccccc2-c2ccccc2)c(C=O)c1C=O. The van der Waals surface area contributed by atoms with Gasteiger partial charge in [0.05, 0.1) is 0 Å². The molecule has 0 spiro atoms. The van der Waals surface area contributed by atoms with Gasteiger partial charge in [-0.3, -0.25) is 19.2 Å². The maximum absolute atomic E-state index is 11.8. The molecule has 0 atom stereocenters. The van der Waals surface area contributed by atoms with Crippen LogP contribution in [0.15, 0.2) is 60.7 Å². The zero-order chi connectivity index (χ0) is 18.5. The van der Waals surface area contributed by atoms with Crippen LogP contribution in [-0.2, 0) is 0 Å². The molecule has 126 valence electrons. The standard InChI is InChI=1S/C22H14O4/c23-11-16-10-17(12-24)22(21(14-26)20(16)13-25)19-9-5-4-8-18(19)15-6-2-1-3-7-15/h1-14H. The van der Waals surface area contributed by atoms with Gasteiger partial charge in [-0.05, 0) is 22.8 Å². The van der Waals surface area contributed by atoms with Crippen molar-refractivity contribution in [1.82, 2.24) is 0 Å². The lowest BCUT2D eigenvalue weighted by Gasteiger charge is -2.16. The van der Waals surface area contributed by atoms with Gasteiger partial charge < -0.3 is 0 Å². The van der Waals surface area contributed by atoms with Crippen LogP contribution in [0.2, 0.25) is 0 Å².